The maximum absolute atomic E-state index is 11.8. The number of benzene rings is 3. The van der Waals surface area contributed by atoms with Crippen molar-refractivity contribution in [1.82, 2.24) is 4.98 Å². The van der Waals surface area contributed by atoms with E-state index < -0.39 is 0 Å². The van der Waals surface area contributed by atoms with E-state index in [4.69, 9.17) is 23.6 Å². The molecule has 6 nitrogen and oxygen atoms in total. The van der Waals surface area contributed by atoms with Crippen LogP contribution in [0.2, 0.25) is 0 Å². The Balaban J connectivity index is 1.35. The Morgan fingerprint density at radius 2 is 1.72 bits per heavy atom. The fourth-order valence-electron chi connectivity index (χ4n) is 4.59. The highest BCUT2D eigenvalue weighted by molar-refractivity contribution is 5.76. The molecule has 4 aromatic rings. The van der Waals surface area contributed by atoms with Crippen molar-refractivity contribution in [3.8, 4) is 28.3 Å². The van der Waals surface area contributed by atoms with E-state index in [0.29, 0.717) is 18.2 Å². The van der Waals surface area contributed by atoms with Crippen LogP contribution in [-0.4, -0.2) is 24.2 Å². The van der Waals surface area contributed by atoms with Crippen molar-refractivity contribution in [3.05, 3.63) is 95.9 Å². The first kappa shape index (κ1) is 23.8. The molecule has 0 bridgehead atoms. The summed E-state index contributed by atoms with van der Waals surface area (Å²) in [6, 6.07) is 25.9. The van der Waals surface area contributed by atoms with Crippen LogP contribution in [0, 0.1) is 0 Å². The zero-order valence-electron chi connectivity index (χ0n) is 20.3. The lowest BCUT2D eigenvalue weighted by Gasteiger charge is -2.27. The molecule has 0 saturated heterocycles. The van der Waals surface area contributed by atoms with Crippen LogP contribution in [0.25, 0.3) is 22.6 Å². The molecule has 0 aliphatic heterocycles. The van der Waals surface area contributed by atoms with Crippen molar-refractivity contribution in [2.45, 2.75) is 38.9 Å². The average molecular weight is 484 g/mol. The minimum atomic E-state index is -0.369. The molecule has 0 spiro atoms. The molecule has 6 heteroatoms. The average Bonchev–Trinajstić information content (AvgIpc) is 3.36. The Labute approximate surface area is 210 Å². The summed E-state index contributed by atoms with van der Waals surface area (Å²) in [7, 11) is 0. The topological polar surface area (TPSA) is 70.8 Å². The van der Waals surface area contributed by atoms with Crippen LogP contribution in [-0.2, 0) is 27.3 Å². The van der Waals surface area contributed by atoms with Crippen molar-refractivity contribution < 1.29 is 23.4 Å². The van der Waals surface area contributed by atoms with Gasteiger partial charge in [0.05, 0.1) is 12.7 Å². The number of esters is 1. The molecule has 3 aromatic carbocycles. The van der Waals surface area contributed by atoms with Crippen LogP contribution in [0.15, 0.2) is 83.3 Å². The van der Waals surface area contributed by atoms with Crippen molar-refractivity contribution >= 4 is 5.97 Å². The van der Waals surface area contributed by atoms with Gasteiger partial charge in [0.1, 0.15) is 18.1 Å². The standard InChI is InChI=1S/C30H29NO5/c1-2-33-28(32)20-35-26-18-10-15-23-24(26)16-9-17-25(23)34-19-27-31-29(21-11-5-3-6-12-21)30(36-27)22-13-7-4-8-14-22/h3-8,10-15,18,25H,2,9,16-17,19-20H2,1H3/t25-/m0/s1. The van der Waals surface area contributed by atoms with Crippen molar-refractivity contribution in [2.75, 3.05) is 13.2 Å². The van der Waals surface area contributed by atoms with E-state index in [1.165, 1.54) is 0 Å². The molecule has 1 heterocycles. The highest BCUT2D eigenvalue weighted by Crippen LogP contribution is 2.38. The van der Waals surface area contributed by atoms with E-state index in [9.17, 15) is 4.79 Å². The van der Waals surface area contributed by atoms with Crippen LogP contribution < -0.4 is 4.74 Å². The first-order valence-electron chi connectivity index (χ1n) is 12.3. The van der Waals surface area contributed by atoms with E-state index in [2.05, 4.69) is 6.07 Å². The second-order valence-corrected chi connectivity index (χ2v) is 8.63. The van der Waals surface area contributed by atoms with Gasteiger partial charge >= 0.3 is 5.97 Å². The Kier molecular flexibility index (Phi) is 7.43. The minimum absolute atomic E-state index is 0.101. The molecular weight excluding hydrogens is 454 g/mol. The van der Waals surface area contributed by atoms with Crippen LogP contribution in [0.5, 0.6) is 5.75 Å². The normalized spacial score (nSPS) is 14.8. The summed E-state index contributed by atoms with van der Waals surface area (Å²) in [6.07, 6.45) is 2.63. The number of carbonyl (C=O) groups excluding carboxylic acids is 1. The molecule has 0 amide bonds. The SMILES string of the molecule is CCOC(=O)COc1cccc2c1CCC[C@@H]2OCc1nc(-c2ccccc2)c(-c2ccccc2)o1. The highest BCUT2D eigenvalue weighted by atomic mass is 16.6. The Morgan fingerprint density at radius 1 is 0.972 bits per heavy atom. The number of hydrogen-bond acceptors (Lipinski definition) is 6. The van der Waals surface area contributed by atoms with Crippen molar-refractivity contribution in [2.24, 2.45) is 0 Å². The summed E-state index contributed by atoms with van der Waals surface area (Å²) in [5, 5.41) is 0. The predicted octanol–water partition coefficient (Wildman–Crippen LogP) is 6.54. The molecule has 0 radical (unpaired) electrons. The van der Waals surface area contributed by atoms with Crippen molar-refractivity contribution in [1.29, 1.82) is 0 Å². The number of aromatic nitrogens is 1. The maximum Gasteiger partial charge on any atom is 0.344 e. The number of nitrogens with zero attached hydrogens (tertiary/aromatic N) is 1. The molecule has 0 N–H and O–H groups in total. The molecule has 36 heavy (non-hydrogen) atoms. The quantitative estimate of drug-likeness (QED) is 0.252. The zero-order valence-corrected chi connectivity index (χ0v) is 20.3. The van der Waals surface area contributed by atoms with E-state index in [1.54, 1.807) is 6.92 Å². The number of ether oxygens (including phenoxy) is 3. The predicted molar refractivity (Wildman–Crippen MR) is 136 cm³/mol. The van der Waals surface area contributed by atoms with E-state index in [0.717, 1.165) is 53.0 Å². The first-order chi connectivity index (χ1) is 17.7. The number of hydrogen-bond donors (Lipinski definition) is 0. The molecule has 1 aliphatic carbocycles. The molecule has 1 aromatic heterocycles. The number of rotatable bonds is 9. The van der Waals surface area contributed by atoms with Gasteiger partial charge in [-0.15, -0.1) is 0 Å². The van der Waals surface area contributed by atoms with Gasteiger partial charge in [0.2, 0.25) is 5.89 Å². The van der Waals surface area contributed by atoms with Crippen LogP contribution in [0.4, 0.5) is 0 Å². The fourth-order valence-corrected chi connectivity index (χ4v) is 4.59. The Hall–Kier alpha value is -3.90. The van der Waals surface area contributed by atoms with Gasteiger partial charge in [0.15, 0.2) is 12.4 Å². The maximum atomic E-state index is 11.8. The number of carbonyl (C=O) groups is 1. The zero-order chi connectivity index (χ0) is 24.7. The van der Waals surface area contributed by atoms with Gasteiger partial charge in [-0.1, -0.05) is 72.8 Å². The fraction of sp³-hybridized carbons (Fsp3) is 0.267. The summed E-state index contributed by atoms with van der Waals surface area (Å²) in [4.78, 5) is 16.6. The molecule has 1 atom stereocenters. The van der Waals surface area contributed by atoms with Gasteiger partial charge in [-0.3, -0.25) is 0 Å². The smallest absolute Gasteiger partial charge is 0.344 e. The lowest BCUT2D eigenvalue weighted by atomic mass is 9.88. The summed E-state index contributed by atoms with van der Waals surface area (Å²) in [6.45, 7) is 2.27. The Bertz CT molecular complexity index is 1240. The summed E-state index contributed by atoms with van der Waals surface area (Å²) in [5.74, 6) is 1.61. The van der Waals surface area contributed by atoms with E-state index in [-0.39, 0.29) is 25.3 Å². The van der Waals surface area contributed by atoms with Crippen LogP contribution in [0.1, 0.15) is 42.9 Å². The summed E-state index contributed by atoms with van der Waals surface area (Å²) >= 11 is 0. The molecule has 0 saturated carbocycles. The molecule has 0 fully saturated rings. The van der Waals surface area contributed by atoms with Gasteiger partial charge in [0.25, 0.3) is 0 Å². The lowest BCUT2D eigenvalue weighted by molar-refractivity contribution is -0.145. The third-order valence-electron chi connectivity index (χ3n) is 6.22. The second-order valence-electron chi connectivity index (χ2n) is 8.63. The second kappa shape index (κ2) is 11.2. The Morgan fingerprint density at radius 3 is 2.47 bits per heavy atom. The molecule has 0 unspecified atom stereocenters. The van der Waals surface area contributed by atoms with Crippen LogP contribution in [0.3, 0.4) is 0 Å². The van der Waals surface area contributed by atoms with Crippen LogP contribution >= 0.6 is 0 Å². The van der Waals surface area contributed by atoms with Gasteiger partial charge in [-0.25, -0.2) is 9.78 Å². The largest absolute Gasteiger partial charge is 0.482 e. The van der Waals surface area contributed by atoms with Gasteiger partial charge in [-0.2, -0.15) is 0 Å². The number of oxazole rings is 1. The lowest BCUT2D eigenvalue weighted by Crippen LogP contribution is -2.18. The van der Waals surface area contributed by atoms with E-state index >= 15 is 0 Å². The molecule has 1 aliphatic rings. The minimum Gasteiger partial charge on any atom is -0.482 e. The third kappa shape index (κ3) is 5.34. The highest BCUT2D eigenvalue weighted by Gasteiger charge is 2.25. The molecular formula is C30H29NO5. The van der Waals surface area contributed by atoms with Gasteiger partial charge in [-0.05, 0) is 43.4 Å². The molecule has 184 valence electrons. The molecule has 5 rings (SSSR count). The van der Waals surface area contributed by atoms with E-state index in [1.807, 2.05) is 72.8 Å². The summed E-state index contributed by atoms with van der Waals surface area (Å²) < 4.78 is 23.4. The summed E-state index contributed by atoms with van der Waals surface area (Å²) in [5.41, 5.74) is 4.94. The van der Waals surface area contributed by atoms with Crippen molar-refractivity contribution in [3.63, 3.8) is 0 Å². The van der Waals surface area contributed by atoms with Gasteiger partial charge in [0, 0.05) is 11.1 Å². The van der Waals surface area contributed by atoms with Gasteiger partial charge < -0.3 is 18.6 Å². The monoisotopic (exact) mass is 483 g/mol. The number of fused-ring (bicyclic) bond motifs is 1. The third-order valence-corrected chi connectivity index (χ3v) is 6.22. The first-order valence-corrected chi connectivity index (χ1v) is 12.3.